The molecule has 0 aromatic carbocycles. The number of rotatable bonds is 2. The first-order valence-corrected chi connectivity index (χ1v) is 4.36. The second-order valence-corrected chi connectivity index (χ2v) is 3.35. The maximum Gasteiger partial charge on any atom is 0.178 e. The molecule has 0 amide bonds. The average molecular weight is 151 g/mol. The highest BCUT2D eigenvalue weighted by Crippen LogP contribution is 2.22. The molecule has 0 bridgehead atoms. The van der Waals surface area contributed by atoms with E-state index in [1.54, 1.807) is 0 Å². The Morgan fingerprint density at radius 2 is 2.27 bits per heavy atom. The zero-order valence-corrected chi connectivity index (χ0v) is 6.60. The Morgan fingerprint density at radius 1 is 1.45 bits per heavy atom. The van der Waals surface area contributed by atoms with Crippen LogP contribution in [0.25, 0.3) is 0 Å². The molecule has 2 aliphatic rings. The Hall–Kier alpha value is -0.790. The summed E-state index contributed by atoms with van der Waals surface area (Å²) in [4.78, 5) is 11.2. The van der Waals surface area contributed by atoms with Gasteiger partial charge in [-0.2, -0.15) is 0 Å². The SMILES string of the molecule is O=C1CCCC=C1NC1CC1. The molecule has 0 saturated heterocycles. The zero-order valence-electron chi connectivity index (χ0n) is 6.60. The minimum Gasteiger partial charge on any atom is -0.380 e. The van der Waals surface area contributed by atoms with E-state index in [4.69, 9.17) is 0 Å². The lowest BCUT2D eigenvalue weighted by molar-refractivity contribution is -0.116. The fourth-order valence-corrected chi connectivity index (χ4v) is 1.34. The summed E-state index contributed by atoms with van der Waals surface area (Å²) >= 11 is 0. The van der Waals surface area contributed by atoms with E-state index < -0.39 is 0 Å². The van der Waals surface area contributed by atoms with Crippen LogP contribution < -0.4 is 5.32 Å². The van der Waals surface area contributed by atoms with Crippen molar-refractivity contribution >= 4 is 5.78 Å². The van der Waals surface area contributed by atoms with Crippen LogP contribution in [0.5, 0.6) is 0 Å². The Kier molecular flexibility index (Phi) is 1.68. The van der Waals surface area contributed by atoms with Crippen LogP contribution in [0.2, 0.25) is 0 Å². The molecule has 1 fully saturated rings. The predicted octanol–water partition coefficient (Wildman–Crippen LogP) is 1.38. The summed E-state index contributed by atoms with van der Waals surface area (Å²) in [6, 6.07) is 0.614. The van der Waals surface area contributed by atoms with Crippen molar-refractivity contribution in [2.45, 2.75) is 38.1 Å². The van der Waals surface area contributed by atoms with Gasteiger partial charge in [-0.1, -0.05) is 6.08 Å². The number of allylic oxidation sites excluding steroid dienone is 2. The molecule has 0 aromatic heterocycles. The molecule has 0 aromatic rings. The lowest BCUT2D eigenvalue weighted by Crippen LogP contribution is -2.24. The molecule has 0 spiro atoms. The number of carbonyl (C=O) groups is 1. The van der Waals surface area contributed by atoms with E-state index in [-0.39, 0.29) is 0 Å². The number of nitrogens with one attached hydrogen (secondary N) is 1. The lowest BCUT2D eigenvalue weighted by atomic mass is 10.0. The van der Waals surface area contributed by atoms with Crippen LogP contribution in [0.4, 0.5) is 0 Å². The summed E-state index contributed by atoms with van der Waals surface area (Å²) in [7, 11) is 0. The van der Waals surface area contributed by atoms with Crippen molar-refractivity contribution in [3.8, 4) is 0 Å². The van der Waals surface area contributed by atoms with Crippen molar-refractivity contribution in [3.05, 3.63) is 11.8 Å². The third-order valence-electron chi connectivity index (χ3n) is 2.19. The molecule has 60 valence electrons. The van der Waals surface area contributed by atoms with Gasteiger partial charge in [0.05, 0.1) is 5.70 Å². The fourth-order valence-electron chi connectivity index (χ4n) is 1.34. The number of Topliss-reactive ketones (excluding diaryl/α,β-unsaturated/α-hetero) is 1. The minimum absolute atomic E-state index is 0.308. The smallest absolute Gasteiger partial charge is 0.178 e. The maximum atomic E-state index is 11.2. The second kappa shape index (κ2) is 2.68. The largest absolute Gasteiger partial charge is 0.380 e. The van der Waals surface area contributed by atoms with Crippen LogP contribution in [0, 0.1) is 0 Å². The van der Waals surface area contributed by atoms with Gasteiger partial charge in [-0.15, -0.1) is 0 Å². The molecular weight excluding hydrogens is 138 g/mol. The molecule has 2 rings (SSSR count). The Labute approximate surface area is 66.7 Å². The molecule has 2 aliphatic carbocycles. The predicted molar refractivity (Wildman–Crippen MR) is 43.1 cm³/mol. The van der Waals surface area contributed by atoms with Gasteiger partial charge in [0.25, 0.3) is 0 Å². The summed E-state index contributed by atoms with van der Waals surface area (Å²) < 4.78 is 0. The van der Waals surface area contributed by atoms with E-state index in [0.29, 0.717) is 11.8 Å². The molecule has 0 unspecified atom stereocenters. The van der Waals surface area contributed by atoms with Crippen LogP contribution in [0.15, 0.2) is 11.8 Å². The highest BCUT2D eigenvalue weighted by molar-refractivity contribution is 5.95. The van der Waals surface area contributed by atoms with E-state index >= 15 is 0 Å². The molecule has 1 saturated carbocycles. The van der Waals surface area contributed by atoms with Crippen molar-refractivity contribution < 1.29 is 4.79 Å². The number of ketones is 1. The van der Waals surface area contributed by atoms with E-state index in [1.165, 1.54) is 12.8 Å². The summed E-state index contributed by atoms with van der Waals surface area (Å²) in [6.45, 7) is 0. The van der Waals surface area contributed by atoms with Crippen LogP contribution in [-0.2, 0) is 4.79 Å². The van der Waals surface area contributed by atoms with Gasteiger partial charge in [0.2, 0.25) is 0 Å². The Balaban J connectivity index is 1.97. The van der Waals surface area contributed by atoms with E-state index in [2.05, 4.69) is 5.32 Å². The highest BCUT2D eigenvalue weighted by atomic mass is 16.1. The van der Waals surface area contributed by atoms with Gasteiger partial charge in [0.15, 0.2) is 5.78 Å². The van der Waals surface area contributed by atoms with Crippen LogP contribution in [0.3, 0.4) is 0 Å². The van der Waals surface area contributed by atoms with Crippen LogP contribution in [0.1, 0.15) is 32.1 Å². The van der Waals surface area contributed by atoms with Gasteiger partial charge in [0.1, 0.15) is 0 Å². The second-order valence-electron chi connectivity index (χ2n) is 3.35. The third kappa shape index (κ3) is 1.62. The standard InChI is InChI=1S/C9H13NO/c11-9-4-2-1-3-8(9)10-7-5-6-7/h3,7,10H,1-2,4-6H2. The normalized spacial score (nSPS) is 24.7. The lowest BCUT2D eigenvalue weighted by Gasteiger charge is -2.12. The Morgan fingerprint density at radius 3 is 2.91 bits per heavy atom. The molecule has 2 heteroatoms. The first-order chi connectivity index (χ1) is 5.36. The van der Waals surface area contributed by atoms with Crippen molar-refractivity contribution in [2.24, 2.45) is 0 Å². The van der Waals surface area contributed by atoms with Crippen molar-refractivity contribution in [3.63, 3.8) is 0 Å². The zero-order chi connectivity index (χ0) is 7.68. The van der Waals surface area contributed by atoms with E-state index in [1.807, 2.05) is 6.08 Å². The number of carbonyl (C=O) groups excluding carboxylic acids is 1. The first-order valence-electron chi connectivity index (χ1n) is 4.36. The van der Waals surface area contributed by atoms with Gasteiger partial charge >= 0.3 is 0 Å². The summed E-state index contributed by atoms with van der Waals surface area (Å²) in [6.07, 6.45) is 7.38. The molecule has 0 atom stereocenters. The average Bonchev–Trinajstić information content (AvgIpc) is 2.78. The fraction of sp³-hybridized carbons (Fsp3) is 0.667. The number of hydrogen-bond donors (Lipinski definition) is 1. The summed E-state index contributed by atoms with van der Waals surface area (Å²) in [5.41, 5.74) is 0.888. The molecule has 2 nitrogen and oxygen atoms in total. The molecule has 11 heavy (non-hydrogen) atoms. The van der Waals surface area contributed by atoms with Gasteiger partial charge in [-0.3, -0.25) is 4.79 Å². The molecule has 0 aliphatic heterocycles. The minimum atomic E-state index is 0.308. The molecule has 1 N–H and O–H groups in total. The monoisotopic (exact) mass is 151 g/mol. The van der Waals surface area contributed by atoms with Crippen molar-refractivity contribution in [2.75, 3.05) is 0 Å². The number of hydrogen-bond acceptors (Lipinski definition) is 2. The topological polar surface area (TPSA) is 29.1 Å². The molecule has 0 heterocycles. The summed E-state index contributed by atoms with van der Waals surface area (Å²) in [5.74, 6) is 0.308. The highest BCUT2D eigenvalue weighted by Gasteiger charge is 2.24. The van der Waals surface area contributed by atoms with Crippen molar-refractivity contribution in [1.82, 2.24) is 5.32 Å². The third-order valence-corrected chi connectivity index (χ3v) is 2.19. The van der Waals surface area contributed by atoms with Crippen LogP contribution in [-0.4, -0.2) is 11.8 Å². The van der Waals surface area contributed by atoms with E-state index in [0.717, 1.165) is 25.0 Å². The van der Waals surface area contributed by atoms with Gasteiger partial charge < -0.3 is 5.32 Å². The van der Waals surface area contributed by atoms with Crippen molar-refractivity contribution in [1.29, 1.82) is 0 Å². The van der Waals surface area contributed by atoms with E-state index in [9.17, 15) is 4.79 Å². The van der Waals surface area contributed by atoms with Crippen LogP contribution >= 0.6 is 0 Å². The first kappa shape index (κ1) is 6.89. The van der Waals surface area contributed by atoms with Gasteiger partial charge in [-0.25, -0.2) is 0 Å². The quantitative estimate of drug-likeness (QED) is 0.646. The maximum absolute atomic E-state index is 11.2. The molecule has 0 radical (unpaired) electrons. The van der Waals surface area contributed by atoms with Gasteiger partial charge in [0, 0.05) is 12.5 Å². The molecular formula is C9H13NO. The van der Waals surface area contributed by atoms with Gasteiger partial charge in [-0.05, 0) is 25.7 Å². The summed E-state index contributed by atoms with van der Waals surface area (Å²) in [5, 5.41) is 3.25. The Bertz CT molecular complexity index is 204.